The van der Waals surface area contributed by atoms with Crippen LogP contribution < -0.4 is 10.6 Å². The third-order valence-electron chi connectivity index (χ3n) is 8.25. The molecule has 0 bridgehead atoms. The summed E-state index contributed by atoms with van der Waals surface area (Å²) in [5, 5.41) is 8.93. The number of pyridine rings is 1. The van der Waals surface area contributed by atoms with Crippen molar-refractivity contribution in [2.75, 3.05) is 63.5 Å². The fraction of sp³-hybridized carbons (Fsp3) is 0.344. The summed E-state index contributed by atoms with van der Waals surface area (Å²) < 4.78 is 0. The number of hydrogen-bond acceptors (Lipinski definition) is 6. The molecule has 4 heterocycles. The van der Waals surface area contributed by atoms with E-state index in [4.69, 9.17) is 23.2 Å². The molecule has 9 nitrogen and oxygen atoms in total. The minimum absolute atomic E-state index is 0.0185. The number of piperazine rings is 1. The zero-order valence-corrected chi connectivity index (χ0v) is 25.6. The van der Waals surface area contributed by atoms with Crippen molar-refractivity contribution < 1.29 is 9.59 Å². The number of amides is 2. The molecule has 2 aromatic carbocycles. The lowest BCUT2D eigenvalue weighted by atomic mass is 9.99. The van der Waals surface area contributed by atoms with Crippen LogP contribution >= 0.6 is 23.2 Å². The maximum absolute atomic E-state index is 13.1. The first-order chi connectivity index (χ1) is 20.8. The van der Waals surface area contributed by atoms with Crippen LogP contribution in [0.1, 0.15) is 23.2 Å². The summed E-state index contributed by atoms with van der Waals surface area (Å²) in [5.74, 6) is 0.0853. The predicted octanol–water partition coefficient (Wildman–Crippen LogP) is 5.44. The van der Waals surface area contributed by atoms with Gasteiger partial charge in [-0.1, -0.05) is 35.3 Å². The van der Waals surface area contributed by atoms with Crippen molar-refractivity contribution in [3.05, 3.63) is 76.5 Å². The SMILES string of the molecule is CN1CCN(C(=O)c2ccc(-c3cnc4[nH]ccc4c3N[C@H]3CCCN(C(=O)CNc4cc(Cl)cc(Cl)c4)C3)cc2)CC1. The summed E-state index contributed by atoms with van der Waals surface area (Å²) in [6.07, 6.45) is 5.58. The van der Waals surface area contributed by atoms with Crippen LogP contribution in [0.2, 0.25) is 10.0 Å². The van der Waals surface area contributed by atoms with E-state index < -0.39 is 0 Å². The number of H-pyrrole nitrogens is 1. The molecule has 11 heteroatoms. The average Bonchev–Trinajstić information content (AvgIpc) is 3.50. The molecule has 4 aromatic rings. The number of rotatable bonds is 7. The van der Waals surface area contributed by atoms with Gasteiger partial charge < -0.3 is 30.3 Å². The lowest BCUT2D eigenvalue weighted by Gasteiger charge is -2.34. The number of likely N-dealkylation sites (N-methyl/N-ethyl adjacent to an activating group) is 1. The van der Waals surface area contributed by atoms with Gasteiger partial charge in [-0.05, 0) is 61.9 Å². The summed E-state index contributed by atoms with van der Waals surface area (Å²) >= 11 is 12.2. The first-order valence-electron chi connectivity index (χ1n) is 14.6. The molecule has 224 valence electrons. The second kappa shape index (κ2) is 12.8. The molecule has 0 saturated carbocycles. The molecule has 2 amide bonds. The van der Waals surface area contributed by atoms with Crippen molar-refractivity contribution in [1.29, 1.82) is 0 Å². The third kappa shape index (κ3) is 6.74. The van der Waals surface area contributed by atoms with Crippen LogP contribution in [0.15, 0.2) is 60.9 Å². The van der Waals surface area contributed by atoms with Gasteiger partial charge in [0.2, 0.25) is 5.91 Å². The minimum atomic E-state index is 0.0185. The molecule has 43 heavy (non-hydrogen) atoms. The molecule has 2 aliphatic rings. The van der Waals surface area contributed by atoms with Gasteiger partial charge in [-0.3, -0.25) is 9.59 Å². The Morgan fingerprint density at radius 3 is 2.47 bits per heavy atom. The van der Waals surface area contributed by atoms with Gasteiger partial charge in [-0.2, -0.15) is 0 Å². The molecule has 1 atom stereocenters. The number of likely N-dealkylation sites (tertiary alicyclic amines) is 1. The normalized spacial score (nSPS) is 17.7. The van der Waals surface area contributed by atoms with Crippen LogP contribution in [0.4, 0.5) is 11.4 Å². The number of halogens is 2. The number of aromatic amines is 1. The van der Waals surface area contributed by atoms with E-state index in [-0.39, 0.29) is 24.4 Å². The highest BCUT2D eigenvalue weighted by molar-refractivity contribution is 6.35. The molecule has 2 fully saturated rings. The lowest BCUT2D eigenvalue weighted by Crippen LogP contribution is -2.47. The highest BCUT2D eigenvalue weighted by Crippen LogP contribution is 2.35. The molecule has 2 aromatic heterocycles. The fourth-order valence-corrected chi connectivity index (χ4v) is 6.36. The first-order valence-corrected chi connectivity index (χ1v) is 15.4. The molecule has 0 radical (unpaired) electrons. The molecule has 0 unspecified atom stereocenters. The first kappa shape index (κ1) is 29.3. The Bertz CT molecular complexity index is 1600. The van der Waals surface area contributed by atoms with Crippen LogP contribution in [0, 0.1) is 0 Å². The second-order valence-corrected chi connectivity index (χ2v) is 12.2. The van der Waals surface area contributed by atoms with Gasteiger partial charge in [0, 0.05) is 89.9 Å². The van der Waals surface area contributed by atoms with Crippen LogP contribution in [0.5, 0.6) is 0 Å². The van der Waals surface area contributed by atoms with Crippen LogP contribution in [-0.4, -0.2) is 95.4 Å². The van der Waals surface area contributed by atoms with Crippen molar-refractivity contribution in [2.24, 2.45) is 0 Å². The average molecular weight is 621 g/mol. The molecule has 3 N–H and O–H groups in total. The van der Waals surface area contributed by atoms with E-state index >= 15 is 0 Å². The topological polar surface area (TPSA) is 96.6 Å². The number of nitrogens with zero attached hydrogens (tertiary/aromatic N) is 4. The Morgan fingerprint density at radius 2 is 1.72 bits per heavy atom. The predicted molar refractivity (Wildman–Crippen MR) is 173 cm³/mol. The summed E-state index contributed by atoms with van der Waals surface area (Å²) in [4.78, 5) is 40.2. The Labute approximate surface area is 261 Å². The zero-order valence-electron chi connectivity index (χ0n) is 24.1. The molecule has 6 rings (SSSR count). The number of fused-ring (bicyclic) bond motifs is 1. The van der Waals surface area contributed by atoms with Crippen LogP contribution in [0.3, 0.4) is 0 Å². The number of hydrogen-bond donors (Lipinski definition) is 3. The van der Waals surface area contributed by atoms with E-state index in [0.717, 1.165) is 66.9 Å². The highest BCUT2D eigenvalue weighted by Gasteiger charge is 2.26. The van der Waals surface area contributed by atoms with Gasteiger partial charge >= 0.3 is 0 Å². The standard InChI is InChI=1S/C32H35Cl2N7O2/c1-39-11-13-40(14-12-39)32(43)22-6-4-21(5-7-22)28-18-37-31-27(8-9-35-31)30(28)38-25-3-2-10-41(20-25)29(42)19-36-26-16-23(33)15-24(34)17-26/h4-9,15-18,25,36H,2-3,10-14,19-20H2,1H3,(H2,35,37,38)/t25-/m0/s1. The minimum Gasteiger partial charge on any atom is -0.379 e. The number of nitrogens with one attached hydrogen (secondary N) is 3. The maximum Gasteiger partial charge on any atom is 0.253 e. The maximum atomic E-state index is 13.1. The Morgan fingerprint density at radius 1 is 0.977 bits per heavy atom. The van der Waals surface area contributed by atoms with Gasteiger partial charge in [0.25, 0.3) is 5.91 Å². The summed E-state index contributed by atoms with van der Waals surface area (Å²) in [7, 11) is 2.08. The Kier molecular flexibility index (Phi) is 8.74. The van der Waals surface area contributed by atoms with Crippen molar-refractivity contribution in [3.63, 3.8) is 0 Å². The summed E-state index contributed by atoms with van der Waals surface area (Å²) in [6.45, 7) is 4.71. The molecular formula is C32H35Cl2N7O2. The third-order valence-corrected chi connectivity index (χ3v) is 8.69. The van der Waals surface area contributed by atoms with Crippen LogP contribution in [-0.2, 0) is 4.79 Å². The molecular weight excluding hydrogens is 585 g/mol. The molecule has 2 saturated heterocycles. The van der Waals surface area contributed by atoms with Gasteiger partial charge in [0.1, 0.15) is 5.65 Å². The van der Waals surface area contributed by atoms with E-state index in [1.807, 2.05) is 52.5 Å². The van der Waals surface area contributed by atoms with Gasteiger partial charge in [0.15, 0.2) is 0 Å². The van der Waals surface area contributed by atoms with E-state index in [0.29, 0.717) is 34.4 Å². The van der Waals surface area contributed by atoms with Crippen LogP contribution in [0.25, 0.3) is 22.2 Å². The number of aromatic nitrogens is 2. The molecule has 0 aliphatic carbocycles. The van der Waals surface area contributed by atoms with Gasteiger partial charge in [-0.15, -0.1) is 0 Å². The number of anilines is 2. The monoisotopic (exact) mass is 619 g/mol. The molecule has 0 spiro atoms. The van der Waals surface area contributed by atoms with E-state index in [9.17, 15) is 9.59 Å². The number of carbonyl (C=O) groups is 2. The highest BCUT2D eigenvalue weighted by atomic mass is 35.5. The van der Waals surface area contributed by atoms with E-state index in [1.54, 1.807) is 18.2 Å². The second-order valence-electron chi connectivity index (χ2n) is 11.3. The van der Waals surface area contributed by atoms with Gasteiger partial charge in [-0.25, -0.2) is 4.98 Å². The largest absolute Gasteiger partial charge is 0.379 e. The smallest absolute Gasteiger partial charge is 0.253 e. The number of carbonyl (C=O) groups excluding carboxylic acids is 2. The van der Waals surface area contributed by atoms with Crippen molar-refractivity contribution >= 4 is 57.4 Å². The van der Waals surface area contributed by atoms with Gasteiger partial charge in [0.05, 0.1) is 12.2 Å². The zero-order chi connectivity index (χ0) is 29.9. The van der Waals surface area contributed by atoms with E-state index in [2.05, 4.69) is 32.5 Å². The Hall–Kier alpha value is -3.79. The van der Waals surface area contributed by atoms with Crippen molar-refractivity contribution in [3.8, 4) is 11.1 Å². The quantitative estimate of drug-likeness (QED) is 0.255. The summed E-state index contributed by atoms with van der Waals surface area (Å²) in [5.41, 5.74) is 5.09. The summed E-state index contributed by atoms with van der Waals surface area (Å²) in [6, 6.07) is 15.1. The lowest BCUT2D eigenvalue weighted by molar-refractivity contribution is -0.130. The molecule has 2 aliphatic heterocycles. The number of benzene rings is 2. The number of piperidine rings is 1. The van der Waals surface area contributed by atoms with Crippen molar-refractivity contribution in [2.45, 2.75) is 18.9 Å². The van der Waals surface area contributed by atoms with E-state index in [1.165, 1.54) is 0 Å². The van der Waals surface area contributed by atoms with Crippen molar-refractivity contribution in [1.82, 2.24) is 24.7 Å². The Balaban J connectivity index is 1.17. The fourth-order valence-electron chi connectivity index (χ4n) is 5.84.